The molecular weight excluding hydrogens is 202 g/mol. The van der Waals surface area contributed by atoms with E-state index in [1.165, 1.54) is 0 Å². The number of anilines is 2. The molecule has 1 rings (SSSR count). The van der Waals surface area contributed by atoms with Gasteiger partial charge >= 0.3 is 0 Å². The van der Waals surface area contributed by atoms with Crippen LogP contribution in [0.3, 0.4) is 0 Å². The smallest absolute Gasteiger partial charge is 0.192 e. The second kappa shape index (κ2) is 6.76. The maximum atomic E-state index is 5.72. The fourth-order valence-electron chi connectivity index (χ4n) is 1.37. The largest absolute Gasteiger partial charge is 0.396 e. The lowest BCUT2D eigenvalue weighted by molar-refractivity contribution is 0.906. The molecule has 0 saturated heterocycles. The average Bonchev–Trinajstić information content (AvgIpc) is 2.28. The van der Waals surface area contributed by atoms with Gasteiger partial charge < -0.3 is 5.73 Å². The van der Waals surface area contributed by atoms with Crippen LogP contribution in [-0.2, 0) is 0 Å². The molecule has 5 nitrogen and oxygen atoms in total. The second-order valence-corrected chi connectivity index (χ2v) is 3.62. The van der Waals surface area contributed by atoms with Crippen LogP contribution >= 0.6 is 0 Å². The van der Waals surface area contributed by atoms with E-state index in [0.717, 1.165) is 31.4 Å². The zero-order valence-corrected chi connectivity index (χ0v) is 9.90. The summed E-state index contributed by atoms with van der Waals surface area (Å²) in [5.41, 5.74) is 10.3. The predicted octanol–water partition coefficient (Wildman–Crippen LogP) is 2.43. The number of hydrazone groups is 1. The third-order valence-corrected chi connectivity index (χ3v) is 2.15. The lowest BCUT2D eigenvalue weighted by atomic mass is 10.1. The van der Waals surface area contributed by atoms with Gasteiger partial charge in [-0.05, 0) is 18.9 Å². The first kappa shape index (κ1) is 12.4. The van der Waals surface area contributed by atoms with Crippen LogP contribution in [0.5, 0.6) is 0 Å². The molecule has 0 aliphatic rings. The molecule has 1 aromatic rings. The van der Waals surface area contributed by atoms with E-state index in [2.05, 4.69) is 34.6 Å². The first-order valence-electron chi connectivity index (χ1n) is 5.66. The quantitative estimate of drug-likeness (QED) is 0.571. The number of hydrogen-bond donors (Lipinski definition) is 2. The molecule has 88 valence electrons. The molecule has 0 fully saturated rings. The summed E-state index contributed by atoms with van der Waals surface area (Å²) < 4.78 is 0. The van der Waals surface area contributed by atoms with Crippen molar-refractivity contribution >= 4 is 17.2 Å². The van der Waals surface area contributed by atoms with E-state index in [1.54, 1.807) is 12.3 Å². The highest BCUT2D eigenvalue weighted by molar-refractivity contribution is 5.85. The van der Waals surface area contributed by atoms with E-state index in [1.807, 2.05) is 0 Å². The minimum Gasteiger partial charge on any atom is -0.396 e. The Kier molecular flexibility index (Phi) is 5.25. The lowest BCUT2D eigenvalue weighted by Crippen LogP contribution is -2.05. The highest BCUT2D eigenvalue weighted by atomic mass is 15.3. The number of hydrogen-bond acceptors (Lipinski definition) is 5. The fraction of sp³-hybridized carbons (Fsp3) is 0.545. The zero-order valence-electron chi connectivity index (χ0n) is 9.90. The summed E-state index contributed by atoms with van der Waals surface area (Å²) in [6.45, 7) is 4.28. The first-order chi connectivity index (χ1) is 7.77. The summed E-state index contributed by atoms with van der Waals surface area (Å²) in [7, 11) is 0. The Hall–Kier alpha value is -1.65. The Bertz CT molecular complexity index is 340. The van der Waals surface area contributed by atoms with Gasteiger partial charge in [0, 0.05) is 5.71 Å². The van der Waals surface area contributed by atoms with Crippen LogP contribution in [0.25, 0.3) is 0 Å². The van der Waals surface area contributed by atoms with Crippen LogP contribution in [0, 0.1) is 0 Å². The molecule has 0 bridgehead atoms. The molecule has 1 heterocycles. The molecule has 0 aromatic carbocycles. The highest BCUT2D eigenvalue weighted by Crippen LogP contribution is 2.12. The van der Waals surface area contributed by atoms with Crippen molar-refractivity contribution in [3.05, 3.63) is 12.3 Å². The summed E-state index contributed by atoms with van der Waals surface area (Å²) in [5.74, 6) is 0.521. The van der Waals surface area contributed by atoms with E-state index < -0.39 is 0 Å². The van der Waals surface area contributed by atoms with Gasteiger partial charge in [-0.25, -0.2) is 0 Å². The van der Waals surface area contributed by atoms with Crippen LogP contribution in [0.4, 0.5) is 11.5 Å². The molecule has 0 unspecified atom stereocenters. The Balaban J connectivity index is 2.65. The van der Waals surface area contributed by atoms with E-state index in [0.29, 0.717) is 11.5 Å². The average molecular weight is 221 g/mol. The van der Waals surface area contributed by atoms with Gasteiger partial charge in [0.2, 0.25) is 0 Å². The number of nitrogens with zero attached hydrogens (tertiary/aromatic N) is 3. The Labute approximate surface area is 96.1 Å². The minimum absolute atomic E-state index is 0.521. The summed E-state index contributed by atoms with van der Waals surface area (Å²) in [5, 5.41) is 11.9. The molecule has 0 aliphatic heterocycles. The van der Waals surface area contributed by atoms with Crippen molar-refractivity contribution in [3.8, 4) is 0 Å². The van der Waals surface area contributed by atoms with Gasteiger partial charge in [-0.2, -0.15) is 10.2 Å². The molecule has 0 radical (unpaired) electrons. The monoisotopic (exact) mass is 221 g/mol. The van der Waals surface area contributed by atoms with Gasteiger partial charge in [0.1, 0.15) is 0 Å². The molecule has 0 aliphatic carbocycles. The SMILES string of the molecule is CCCC(CCC)=NNc1nnccc1N. The number of rotatable bonds is 6. The van der Waals surface area contributed by atoms with Crippen LogP contribution in [0.1, 0.15) is 39.5 Å². The number of nitrogen functional groups attached to an aromatic ring is 1. The van der Waals surface area contributed by atoms with Crippen LogP contribution in [0.2, 0.25) is 0 Å². The van der Waals surface area contributed by atoms with E-state index in [4.69, 9.17) is 5.73 Å². The van der Waals surface area contributed by atoms with Crippen molar-refractivity contribution in [1.82, 2.24) is 10.2 Å². The molecule has 0 atom stereocenters. The first-order valence-corrected chi connectivity index (χ1v) is 5.66. The van der Waals surface area contributed by atoms with Gasteiger partial charge in [0.05, 0.1) is 11.9 Å². The maximum absolute atomic E-state index is 5.72. The Morgan fingerprint density at radius 1 is 1.38 bits per heavy atom. The molecule has 5 heteroatoms. The topological polar surface area (TPSA) is 76.2 Å². The van der Waals surface area contributed by atoms with Crippen LogP contribution in [-0.4, -0.2) is 15.9 Å². The van der Waals surface area contributed by atoms with Crippen molar-refractivity contribution in [2.45, 2.75) is 39.5 Å². The van der Waals surface area contributed by atoms with Crippen molar-refractivity contribution in [2.24, 2.45) is 5.10 Å². The number of nitrogens with two attached hydrogens (primary N) is 1. The van der Waals surface area contributed by atoms with Crippen molar-refractivity contribution in [1.29, 1.82) is 0 Å². The fourth-order valence-corrected chi connectivity index (χ4v) is 1.37. The standard InChI is InChI=1S/C11H19N5/c1-3-5-9(6-4-2)14-16-11-10(12)7-8-13-15-11/h7-8H,3-6H2,1-2H3,(H2,12,13)(H,15,16). The molecule has 0 amide bonds. The lowest BCUT2D eigenvalue weighted by Gasteiger charge is -2.05. The van der Waals surface area contributed by atoms with Crippen LogP contribution < -0.4 is 11.2 Å². The van der Waals surface area contributed by atoms with Gasteiger partial charge in [-0.1, -0.05) is 26.7 Å². The van der Waals surface area contributed by atoms with Gasteiger partial charge in [-0.15, -0.1) is 5.10 Å². The van der Waals surface area contributed by atoms with Crippen molar-refractivity contribution < 1.29 is 0 Å². The summed E-state index contributed by atoms with van der Waals surface area (Å²) in [6, 6.07) is 1.70. The molecule has 1 aromatic heterocycles. The van der Waals surface area contributed by atoms with Crippen molar-refractivity contribution in [3.63, 3.8) is 0 Å². The van der Waals surface area contributed by atoms with E-state index >= 15 is 0 Å². The Morgan fingerprint density at radius 3 is 2.62 bits per heavy atom. The van der Waals surface area contributed by atoms with Crippen molar-refractivity contribution in [2.75, 3.05) is 11.2 Å². The minimum atomic E-state index is 0.521. The normalized spacial score (nSPS) is 9.88. The molecule has 0 saturated carbocycles. The Morgan fingerprint density at radius 2 is 2.06 bits per heavy atom. The van der Waals surface area contributed by atoms with Gasteiger partial charge in [-0.3, -0.25) is 5.43 Å². The van der Waals surface area contributed by atoms with E-state index in [9.17, 15) is 0 Å². The number of nitrogens with one attached hydrogen (secondary N) is 1. The van der Waals surface area contributed by atoms with Gasteiger partial charge in [0.25, 0.3) is 0 Å². The third-order valence-electron chi connectivity index (χ3n) is 2.15. The second-order valence-electron chi connectivity index (χ2n) is 3.62. The summed E-state index contributed by atoms with van der Waals surface area (Å²) >= 11 is 0. The highest BCUT2D eigenvalue weighted by Gasteiger charge is 2.00. The van der Waals surface area contributed by atoms with Gasteiger partial charge in [0.15, 0.2) is 5.82 Å². The van der Waals surface area contributed by atoms with Crippen LogP contribution in [0.15, 0.2) is 17.4 Å². The molecule has 3 N–H and O–H groups in total. The maximum Gasteiger partial charge on any atom is 0.192 e. The zero-order chi connectivity index (χ0) is 11.8. The third kappa shape index (κ3) is 3.84. The summed E-state index contributed by atoms with van der Waals surface area (Å²) in [6.07, 6.45) is 5.75. The summed E-state index contributed by atoms with van der Waals surface area (Å²) in [4.78, 5) is 0. The molecular formula is C11H19N5. The predicted molar refractivity (Wildman–Crippen MR) is 67.3 cm³/mol. The van der Waals surface area contributed by atoms with E-state index in [-0.39, 0.29) is 0 Å². The number of aromatic nitrogens is 2. The molecule has 0 spiro atoms. The molecule has 16 heavy (non-hydrogen) atoms.